The molecule has 1 atom stereocenters. The summed E-state index contributed by atoms with van der Waals surface area (Å²) in [7, 11) is 3.37. The van der Waals surface area contributed by atoms with Crippen LogP contribution in [0, 0.1) is 18.2 Å². The van der Waals surface area contributed by atoms with Gasteiger partial charge in [0.05, 0.1) is 25.5 Å². The molecule has 1 aliphatic heterocycles. The number of amides is 1. The van der Waals surface area contributed by atoms with Gasteiger partial charge in [0, 0.05) is 56.5 Å². The largest absolute Gasteiger partial charge is 0.392 e. The number of rotatable bonds is 9. The normalized spacial score (nSPS) is 16.9. The van der Waals surface area contributed by atoms with Gasteiger partial charge in [-0.1, -0.05) is 6.07 Å². The molecule has 0 aliphatic carbocycles. The van der Waals surface area contributed by atoms with Crippen LogP contribution >= 0.6 is 0 Å². The lowest BCUT2D eigenvalue weighted by molar-refractivity contribution is -0.129. The summed E-state index contributed by atoms with van der Waals surface area (Å²) in [5.41, 5.74) is 3.06. The van der Waals surface area contributed by atoms with Gasteiger partial charge in [0.15, 0.2) is 0 Å². The van der Waals surface area contributed by atoms with E-state index in [1.54, 1.807) is 30.4 Å². The van der Waals surface area contributed by atoms with Crippen molar-refractivity contribution < 1.29 is 19.0 Å². The molecule has 11 heteroatoms. The summed E-state index contributed by atoms with van der Waals surface area (Å²) < 4.78 is 20.9. The molecule has 0 saturated carbocycles. The van der Waals surface area contributed by atoms with E-state index in [-0.39, 0.29) is 31.5 Å². The van der Waals surface area contributed by atoms with Crippen molar-refractivity contribution in [2.45, 2.75) is 32.5 Å². The topological polar surface area (TPSA) is 128 Å². The Labute approximate surface area is 214 Å². The van der Waals surface area contributed by atoms with Crippen LogP contribution in [0.1, 0.15) is 23.1 Å². The molecule has 3 aromatic rings. The van der Waals surface area contributed by atoms with Gasteiger partial charge in [0.1, 0.15) is 23.2 Å². The summed E-state index contributed by atoms with van der Waals surface area (Å²) in [4.78, 5) is 19.2. The molecule has 194 valence electrons. The quantitative estimate of drug-likeness (QED) is 0.350. The van der Waals surface area contributed by atoms with E-state index in [0.717, 1.165) is 17.1 Å². The second-order valence-corrected chi connectivity index (χ2v) is 8.86. The van der Waals surface area contributed by atoms with E-state index in [2.05, 4.69) is 20.7 Å². The van der Waals surface area contributed by atoms with Crippen LogP contribution < -0.4 is 10.6 Å². The number of ether oxygens (including phenoxy) is 1. The maximum absolute atomic E-state index is 13.9. The predicted octanol–water partition coefficient (Wildman–Crippen LogP) is 3.26. The average molecular weight is 508 g/mol. The molecule has 3 heterocycles. The van der Waals surface area contributed by atoms with Gasteiger partial charge in [-0.25, -0.2) is 9.37 Å². The molecular weight excluding hydrogens is 477 g/mol. The molecule has 4 N–H and O–H groups in total. The maximum Gasteiger partial charge on any atom is 0.272 e. The molecule has 4 rings (SSSR count). The van der Waals surface area contributed by atoms with Crippen LogP contribution in [0.5, 0.6) is 0 Å². The van der Waals surface area contributed by atoms with Crippen molar-refractivity contribution in [3.05, 3.63) is 77.0 Å². The van der Waals surface area contributed by atoms with Gasteiger partial charge >= 0.3 is 0 Å². The third kappa shape index (κ3) is 5.84. The molecular formula is C26H30FN7O3. The molecule has 37 heavy (non-hydrogen) atoms. The van der Waals surface area contributed by atoms with E-state index in [0.29, 0.717) is 28.9 Å². The van der Waals surface area contributed by atoms with Gasteiger partial charge in [0.25, 0.3) is 5.91 Å². The zero-order chi connectivity index (χ0) is 26.5. The minimum absolute atomic E-state index is 0.0656. The highest BCUT2D eigenvalue weighted by molar-refractivity contribution is 6.44. The molecule has 0 spiro atoms. The number of methoxy groups -OCH3 is 1. The minimum Gasteiger partial charge on any atom is -0.392 e. The van der Waals surface area contributed by atoms with Gasteiger partial charge in [-0.2, -0.15) is 5.10 Å². The molecule has 1 aliphatic rings. The molecule has 10 nitrogen and oxygen atoms in total. The van der Waals surface area contributed by atoms with Gasteiger partial charge < -0.3 is 25.4 Å². The van der Waals surface area contributed by atoms with E-state index >= 15 is 0 Å². The summed E-state index contributed by atoms with van der Waals surface area (Å²) in [6.07, 6.45) is 5.45. The van der Waals surface area contributed by atoms with Crippen molar-refractivity contribution in [1.82, 2.24) is 19.7 Å². The smallest absolute Gasteiger partial charge is 0.272 e. The number of pyridine rings is 1. The number of hydrogen-bond donors (Lipinski definition) is 4. The van der Waals surface area contributed by atoms with Crippen LogP contribution in [0.4, 0.5) is 21.7 Å². The highest BCUT2D eigenvalue weighted by Crippen LogP contribution is 2.27. The number of halogens is 1. The number of benzene rings is 1. The fraction of sp³-hybridized carbons (Fsp3) is 0.308. The lowest BCUT2D eigenvalue weighted by Gasteiger charge is -2.37. The monoisotopic (exact) mass is 507 g/mol. The molecule has 0 bridgehead atoms. The van der Waals surface area contributed by atoms with Gasteiger partial charge in [-0.3, -0.25) is 14.9 Å². The van der Waals surface area contributed by atoms with Crippen molar-refractivity contribution in [3.8, 4) is 0 Å². The standard InChI is InChI=1S/C26H30FN7O3/c1-16-11-30-23(32-24-6-7-31-33(24)2)10-22(16)29-12-18-9-21(15-37-3)34(26(36)25(18)28)13-19-8-20(27)5-4-17(19)14-35/h4-8,10-12,21,28,35H,9,13-15H2,1-3H3,(H2,29,30,32)/b18-12-,28-25?/t21-/m1/s1. The number of aliphatic hydroxyl groups is 1. The molecule has 1 amide bonds. The number of anilines is 3. The highest BCUT2D eigenvalue weighted by atomic mass is 19.1. The van der Waals surface area contributed by atoms with Crippen molar-refractivity contribution in [3.63, 3.8) is 0 Å². The number of aromatic nitrogens is 3. The van der Waals surface area contributed by atoms with Crippen LogP contribution in [-0.2, 0) is 29.7 Å². The summed E-state index contributed by atoms with van der Waals surface area (Å²) in [6, 6.07) is 7.39. The van der Waals surface area contributed by atoms with Crippen LogP contribution in [0.15, 0.2) is 54.5 Å². The van der Waals surface area contributed by atoms with E-state index < -0.39 is 11.7 Å². The summed E-state index contributed by atoms with van der Waals surface area (Å²) in [5.74, 6) is 0.456. The number of carbonyl (C=O) groups excluding carboxylic acids is 1. The first-order valence-corrected chi connectivity index (χ1v) is 11.7. The second-order valence-electron chi connectivity index (χ2n) is 8.86. The molecule has 2 aromatic heterocycles. The summed E-state index contributed by atoms with van der Waals surface area (Å²) in [5, 5.41) is 28.7. The zero-order valence-electron chi connectivity index (χ0n) is 21.0. The number of likely N-dealkylation sites (tertiary alicyclic amines) is 1. The van der Waals surface area contributed by atoms with Crippen molar-refractivity contribution in [1.29, 1.82) is 5.41 Å². The van der Waals surface area contributed by atoms with Gasteiger partial charge in [-0.15, -0.1) is 0 Å². The Morgan fingerprint density at radius 2 is 2.11 bits per heavy atom. The molecule has 0 unspecified atom stereocenters. The molecule has 0 radical (unpaired) electrons. The first-order chi connectivity index (χ1) is 17.8. The number of carbonyl (C=O) groups is 1. The van der Waals surface area contributed by atoms with Crippen molar-refractivity contribution >= 4 is 28.9 Å². The molecule has 1 fully saturated rings. The molecule has 1 aromatic carbocycles. The Morgan fingerprint density at radius 3 is 2.81 bits per heavy atom. The number of nitrogens with zero attached hydrogens (tertiary/aromatic N) is 4. The fourth-order valence-electron chi connectivity index (χ4n) is 4.21. The van der Waals surface area contributed by atoms with E-state index in [1.165, 1.54) is 23.1 Å². The third-order valence-electron chi connectivity index (χ3n) is 6.31. The van der Waals surface area contributed by atoms with E-state index in [1.807, 2.05) is 26.1 Å². The number of nitrogens with one attached hydrogen (secondary N) is 3. The lowest BCUT2D eigenvalue weighted by Crippen LogP contribution is -2.50. The Bertz CT molecular complexity index is 1340. The average Bonchev–Trinajstić information content (AvgIpc) is 3.28. The number of piperidine rings is 1. The minimum atomic E-state index is -0.487. The zero-order valence-corrected chi connectivity index (χ0v) is 21.0. The number of hydrogen-bond acceptors (Lipinski definition) is 8. The van der Waals surface area contributed by atoms with Crippen molar-refractivity contribution in [2.24, 2.45) is 7.05 Å². The predicted molar refractivity (Wildman–Crippen MR) is 138 cm³/mol. The SMILES string of the molecule is COC[C@H]1C/C(=C/Nc2cc(Nc3ccnn3C)ncc2C)C(=N)C(=O)N1Cc1cc(F)ccc1CO. The Balaban J connectivity index is 1.54. The van der Waals surface area contributed by atoms with E-state index in [4.69, 9.17) is 10.1 Å². The van der Waals surface area contributed by atoms with Crippen LogP contribution in [0.3, 0.4) is 0 Å². The Morgan fingerprint density at radius 1 is 1.30 bits per heavy atom. The Kier molecular flexibility index (Phi) is 7.95. The van der Waals surface area contributed by atoms with Gasteiger partial charge in [0.2, 0.25) is 0 Å². The van der Waals surface area contributed by atoms with Crippen LogP contribution in [0.25, 0.3) is 0 Å². The number of aliphatic hydroxyl groups excluding tert-OH is 1. The van der Waals surface area contributed by atoms with Crippen LogP contribution in [0.2, 0.25) is 0 Å². The maximum atomic E-state index is 13.9. The fourth-order valence-corrected chi connectivity index (χ4v) is 4.21. The second kappa shape index (κ2) is 11.3. The number of aryl methyl sites for hydroxylation is 2. The highest BCUT2D eigenvalue weighted by Gasteiger charge is 2.35. The summed E-state index contributed by atoms with van der Waals surface area (Å²) >= 11 is 0. The first kappa shape index (κ1) is 26.0. The third-order valence-corrected chi connectivity index (χ3v) is 6.31. The van der Waals surface area contributed by atoms with Gasteiger partial charge in [-0.05, 0) is 42.2 Å². The lowest BCUT2D eigenvalue weighted by atomic mass is 9.94. The van der Waals surface area contributed by atoms with Crippen molar-refractivity contribution in [2.75, 3.05) is 24.4 Å². The summed E-state index contributed by atoms with van der Waals surface area (Å²) in [6.45, 7) is 1.94. The van der Waals surface area contributed by atoms with Crippen LogP contribution in [-0.4, -0.2) is 56.1 Å². The van der Waals surface area contributed by atoms with E-state index in [9.17, 15) is 14.3 Å². The molecule has 1 saturated heterocycles. The Hall–Kier alpha value is -4.09. The first-order valence-electron chi connectivity index (χ1n) is 11.7.